The van der Waals surface area contributed by atoms with Crippen LogP contribution < -0.4 is 10.6 Å². The monoisotopic (exact) mass is 252 g/mol. The number of carboxylic acids is 1. The summed E-state index contributed by atoms with van der Waals surface area (Å²) in [4.78, 5) is 22.7. The lowest BCUT2D eigenvalue weighted by Crippen LogP contribution is -2.45. The van der Waals surface area contributed by atoms with Crippen LogP contribution in [0.25, 0.3) is 0 Å². The van der Waals surface area contributed by atoms with E-state index in [0.29, 0.717) is 24.9 Å². The summed E-state index contributed by atoms with van der Waals surface area (Å²) >= 11 is 0. The Labute approximate surface area is 104 Å². The predicted octanol–water partition coefficient (Wildman–Crippen LogP) is 0.721. The minimum Gasteiger partial charge on any atom is -0.480 e. The number of nitrogens with zero attached hydrogens (tertiary/aromatic N) is 2. The first-order valence-corrected chi connectivity index (χ1v) is 5.82. The SMILES string of the molecule is CCc1nn(C)cc1NC(=O)NC1(C(=O)O)CC1. The average Bonchev–Trinajstić information content (AvgIpc) is 2.98. The molecule has 1 aliphatic carbocycles. The van der Waals surface area contributed by atoms with E-state index in [1.165, 1.54) is 0 Å². The highest BCUT2D eigenvalue weighted by Crippen LogP contribution is 2.35. The molecule has 0 saturated heterocycles. The molecule has 7 heteroatoms. The zero-order chi connectivity index (χ0) is 13.3. The van der Waals surface area contributed by atoms with Crippen molar-refractivity contribution in [3.8, 4) is 0 Å². The second-order valence-electron chi connectivity index (χ2n) is 4.48. The lowest BCUT2D eigenvalue weighted by molar-refractivity contribution is -0.140. The fraction of sp³-hybridized carbons (Fsp3) is 0.545. The Bertz CT molecular complexity index is 490. The van der Waals surface area contributed by atoms with Gasteiger partial charge in [-0.2, -0.15) is 5.10 Å². The minimum atomic E-state index is -1.07. The van der Waals surface area contributed by atoms with Gasteiger partial charge in [0, 0.05) is 13.2 Å². The maximum absolute atomic E-state index is 11.7. The Morgan fingerprint density at radius 3 is 2.72 bits per heavy atom. The average molecular weight is 252 g/mol. The van der Waals surface area contributed by atoms with Gasteiger partial charge in [-0.3, -0.25) is 4.68 Å². The molecule has 1 heterocycles. The van der Waals surface area contributed by atoms with Gasteiger partial charge in [0.05, 0.1) is 11.4 Å². The predicted molar refractivity (Wildman–Crippen MR) is 64.3 cm³/mol. The molecule has 2 rings (SSSR count). The van der Waals surface area contributed by atoms with Crippen LogP contribution in [0.3, 0.4) is 0 Å². The molecule has 0 atom stereocenters. The number of carbonyl (C=O) groups excluding carboxylic acids is 1. The fourth-order valence-corrected chi connectivity index (χ4v) is 1.79. The third kappa shape index (κ3) is 2.29. The number of aromatic nitrogens is 2. The minimum absolute atomic E-state index is 0.476. The number of urea groups is 1. The number of amides is 2. The molecule has 1 fully saturated rings. The van der Waals surface area contributed by atoms with Gasteiger partial charge in [0.25, 0.3) is 0 Å². The molecule has 7 nitrogen and oxygen atoms in total. The first kappa shape index (κ1) is 12.4. The molecular weight excluding hydrogens is 236 g/mol. The number of rotatable bonds is 4. The van der Waals surface area contributed by atoms with Crippen molar-refractivity contribution in [1.29, 1.82) is 0 Å². The Balaban J connectivity index is 2.01. The topological polar surface area (TPSA) is 96.3 Å². The van der Waals surface area contributed by atoms with Crippen molar-refractivity contribution in [2.75, 3.05) is 5.32 Å². The zero-order valence-electron chi connectivity index (χ0n) is 10.4. The Morgan fingerprint density at radius 2 is 2.22 bits per heavy atom. The maximum Gasteiger partial charge on any atom is 0.329 e. The van der Waals surface area contributed by atoms with Crippen LogP contribution in [0.1, 0.15) is 25.5 Å². The van der Waals surface area contributed by atoms with E-state index in [2.05, 4.69) is 15.7 Å². The molecule has 0 aliphatic heterocycles. The summed E-state index contributed by atoms with van der Waals surface area (Å²) in [5, 5.41) is 18.3. The molecule has 1 saturated carbocycles. The largest absolute Gasteiger partial charge is 0.480 e. The Hall–Kier alpha value is -2.05. The van der Waals surface area contributed by atoms with E-state index in [9.17, 15) is 9.59 Å². The van der Waals surface area contributed by atoms with Gasteiger partial charge >= 0.3 is 12.0 Å². The van der Waals surface area contributed by atoms with Crippen molar-refractivity contribution in [3.63, 3.8) is 0 Å². The standard InChI is InChI=1S/C11H16N4O3/c1-3-7-8(6-15(2)14-7)12-10(18)13-11(4-5-11)9(16)17/h6H,3-5H2,1-2H3,(H,16,17)(H2,12,13,18). The fourth-order valence-electron chi connectivity index (χ4n) is 1.79. The number of aryl methyl sites for hydroxylation is 2. The highest BCUT2D eigenvalue weighted by molar-refractivity contribution is 5.95. The molecule has 0 unspecified atom stereocenters. The van der Waals surface area contributed by atoms with E-state index < -0.39 is 17.5 Å². The lowest BCUT2D eigenvalue weighted by Gasteiger charge is -2.12. The number of carbonyl (C=O) groups is 2. The number of hydrogen-bond donors (Lipinski definition) is 3. The Kier molecular flexibility index (Phi) is 2.98. The quantitative estimate of drug-likeness (QED) is 0.735. The molecule has 1 aromatic heterocycles. The van der Waals surface area contributed by atoms with Crippen LogP contribution in [0, 0.1) is 0 Å². The van der Waals surface area contributed by atoms with Gasteiger partial charge in [0.2, 0.25) is 0 Å². The first-order valence-electron chi connectivity index (χ1n) is 5.82. The van der Waals surface area contributed by atoms with Crippen molar-refractivity contribution in [1.82, 2.24) is 15.1 Å². The van der Waals surface area contributed by atoms with Crippen LogP contribution in [-0.2, 0) is 18.3 Å². The molecule has 1 aromatic rings. The molecule has 0 bridgehead atoms. The summed E-state index contributed by atoms with van der Waals surface area (Å²) in [6.45, 7) is 1.94. The summed E-state index contributed by atoms with van der Waals surface area (Å²) in [5.74, 6) is -0.987. The van der Waals surface area contributed by atoms with Crippen molar-refractivity contribution >= 4 is 17.7 Å². The summed E-state index contributed by atoms with van der Waals surface area (Å²) in [6, 6.07) is -0.502. The number of nitrogens with one attached hydrogen (secondary N) is 2. The normalized spacial score (nSPS) is 16.1. The molecular formula is C11H16N4O3. The van der Waals surface area contributed by atoms with Gasteiger partial charge in [-0.15, -0.1) is 0 Å². The third-order valence-electron chi connectivity index (χ3n) is 3.00. The number of anilines is 1. The van der Waals surface area contributed by atoms with Crippen molar-refractivity contribution in [2.45, 2.75) is 31.7 Å². The second-order valence-corrected chi connectivity index (χ2v) is 4.48. The van der Waals surface area contributed by atoms with Crippen LogP contribution in [0.15, 0.2) is 6.20 Å². The lowest BCUT2D eigenvalue weighted by atomic mass is 10.3. The number of aliphatic carboxylic acids is 1. The maximum atomic E-state index is 11.7. The molecule has 2 amide bonds. The van der Waals surface area contributed by atoms with Crippen molar-refractivity contribution in [2.24, 2.45) is 7.05 Å². The Morgan fingerprint density at radius 1 is 1.56 bits per heavy atom. The summed E-state index contributed by atoms with van der Waals surface area (Å²) in [7, 11) is 1.77. The summed E-state index contributed by atoms with van der Waals surface area (Å²) < 4.78 is 1.61. The molecule has 0 aromatic carbocycles. The smallest absolute Gasteiger partial charge is 0.329 e. The van der Waals surface area contributed by atoms with Gasteiger partial charge in [-0.1, -0.05) is 6.92 Å². The van der Waals surface area contributed by atoms with E-state index in [4.69, 9.17) is 5.11 Å². The van der Waals surface area contributed by atoms with Gasteiger partial charge in [0.1, 0.15) is 5.54 Å². The molecule has 98 valence electrons. The van der Waals surface area contributed by atoms with E-state index in [0.717, 1.165) is 5.69 Å². The van der Waals surface area contributed by atoms with Crippen LogP contribution >= 0.6 is 0 Å². The first-order chi connectivity index (χ1) is 8.47. The van der Waals surface area contributed by atoms with Crippen LogP contribution in [0.5, 0.6) is 0 Å². The van der Waals surface area contributed by atoms with Gasteiger partial charge in [-0.05, 0) is 19.3 Å². The molecule has 18 heavy (non-hydrogen) atoms. The summed E-state index contributed by atoms with van der Waals surface area (Å²) in [6.07, 6.45) is 3.34. The van der Waals surface area contributed by atoms with Gasteiger partial charge in [-0.25, -0.2) is 9.59 Å². The van der Waals surface area contributed by atoms with Gasteiger partial charge < -0.3 is 15.7 Å². The highest BCUT2D eigenvalue weighted by atomic mass is 16.4. The van der Waals surface area contributed by atoms with Crippen molar-refractivity contribution in [3.05, 3.63) is 11.9 Å². The molecule has 0 radical (unpaired) electrons. The van der Waals surface area contributed by atoms with Crippen LogP contribution in [0.4, 0.5) is 10.5 Å². The van der Waals surface area contributed by atoms with E-state index >= 15 is 0 Å². The van der Waals surface area contributed by atoms with E-state index in [1.54, 1.807) is 17.9 Å². The molecule has 1 aliphatic rings. The van der Waals surface area contributed by atoms with Crippen molar-refractivity contribution < 1.29 is 14.7 Å². The molecule has 3 N–H and O–H groups in total. The molecule has 0 spiro atoms. The zero-order valence-corrected chi connectivity index (χ0v) is 10.4. The van der Waals surface area contributed by atoms with E-state index in [-0.39, 0.29) is 0 Å². The van der Waals surface area contributed by atoms with Gasteiger partial charge in [0.15, 0.2) is 0 Å². The van der Waals surface area contributed by atoms with E-state index in [1.807, 2.05) is 6.92 Å². The third-order valence-corrected chi connectivity index (χ3v) is 3.00. The second kappa shape index (κ2) is 4.32. The number of carboxylic acid groups (broad SMARTS) is 1. The van der Waals surface area contributed by atoms with Crippen LogP contribution in [0.2, 0.25) is 0 Å². The number of hydrogen-bond acceptors (Lipinski definition) is 3. The highest BCUT2D eigenvalue weighted by Gasteiger charge is 2.51. The summed E-state index contributed by atoms with van der Waals surface area (Å²) in [5.41, 5.74) is 0.310. The van der Waals surface area contributed by atoms with Crippen LogP contribution in [-0.4, -0.2) is 32.4 Å².